The van der Waals surface area contributed by atoms with Crippen molar-refractivity contribution in [1.82, 2.24) is 4.98 Å². The first kappa shape index (κ1) is 15.9. The van der Waals surface area contributed by atoms with Crippen LogP contribution in [0.1, 0.15) is 56.3 Å². The molecule has 0 aliphatic carbocycles. The fraction of sp³-hybridized carbons (Fsp3) is 0.571. The number of ether oxygens (including phenoxy) is 1. The van der Waals surface area contributed by atoms with Crippen LogP contribution in [-0.2, 0) is 4.74 Å². The molecule has 0 bridgehead atoms. The zero-order valence-corrected chi connectivity index (χ0v) is 12.0. The zero-order chi connectivity index (χ0) is 14.3. The predicted molar refractivity (Wildman–Crippen MR) is 72.8 cm³/mol. The third-order valence-electron chi connectivity index (χ3n) is 2.80. The van der Waals surface area contributed by atoms with Gasteiger partial charge in [-0.25, -0.2) is 14.2 Å². The molecule has 0 aliphatic rings. The van der Waals surface area contributed by atoms with Crippen LogP contribution in [-0.4, -0.2) is 17.1 Å². The van der Waals surface area contributed by atoms with Crippen molar-refractivity contribution in [3.63, 3.8) is 0 Å². The van der Waals surface area contributed by atoms with Crippen molar-refractivity contribution in [3.05, 3.63) is 28.8 Å². The van der Waals surface area contributed by atoms with Gasteiger partial charge in [-0.3, -0.25) is 0 Å². The molecule has 0 N–H and O–H groups in total. The Kier molecular flexibility index (Phi) is 6.78. The van der Waals surface area contributed by atoms with Crippen LogP contribution < -0.4 is 0 Å². The van der Waals surface area contributed by atoms with Crippen LogP contribution in [0.2, 0.25) is 5.15 Å². The number of rotatable bonds is 7. The summed E-state index contributed by atoms with van der Waals surface area (Å²) in [4.78, 5) is 15.4. The number of pyridine rings is 1. The summed E-state index contributed by atoms with van der Waals surface area (Å²) in [6.07, 6.45) is 6.04. The number of esters is 1. The van der Waals surface area contributed by atoms with Crippen molar-refractivity contribution in [2.45, 2.75) is 52.1 Å². The first-order chi connectivity index (χ1) is 9.04. The maximum atomic E-state index is 13.0. The lowest BCUT2D eigenvalue weighted by Crippen LogP contribution is -2.16. The summed E-state index contributed by atoms with van der Waals surface area (Å²) < 4.78 is 18.2. The number of nitrogens with zero attached hydrogens (tertiary/aromatic N) is 1. The standard InChI is InChI=1S/C14H19ClFNO2/c1-3-4-5-6-7-10(2)19-14(18)12-8-11(16)9-17-13(12)15/h8-10H,3-7H2,1-2H3. The summed E-state index contributed by atoms with van der Waals surface area (Å²) in [7, 11) is 0. The van der Waals surface area contributed by atoms with E-state index in [0.717, 1.165) is 31.5 Å². The van der Waals surface area contributed by atoms with E-state index in [-0.39, 0.29) is 16.8 Å². The smallest absolute Gasteiger partial charge is 0.341 e. The summed E-state index contributed by atoms with van der Waals surface area (Å²) in [6, 6.07) is 1.04. The summed E-state index contributed by atoms with van der Waals surface area (Å²) in [5.74, 6) is -1.23. The molecule has 3 nitrogen and oxygen atoms in total. The molecule has 1 rings (SSSR count). The topological polar surface area (TPSA) is 39.2 Å². The highest BCUT2D eigenvalue weighted by atomic mass is 35.5. The molecule has 1 aromatic heterocycles. The third kappa shape index (κ3) is 5.55. The van der Waals surface area contributed by atoms with Crippen LogP contribution >= 0.6 is 11.6 Å². The van der Waals surface area contributed by atoms with E-state index in [1.165, 1.54) is 12.8 Å². The molecular formula is C14H19ClFNO2. The Bertz CT molecular complexity index is 426. The van der Waals surface area contributed by atoms with Crippen molar-refractivity contribution < 1.29 is 13.9 Å². The first-order valence-corrected chi connectivity index (χ1v) is 6.94. The van der Waals surface area contributed by atoms with Crippen LogP contribution in [0.3, 0.4) is 0 Å². The largest absolute Gasteiger partial charge is 0.459 e. The number of aromatic nitrogens is 1. The molecule has 0 aliphatic heterocycles. The van der Waals surface area contributed by atoms with Crippen LogP contribution in [0.15, 0.2) is 12.3 Å². The molecule has 19 heavy (non-hydrogen) atoms. The van der Waals surface area contributed by atoms with Gasteiger partial charge < -0.3 is 4.74 Å². The Morgan fingerprint density at radius 2 is 2.21 bits per heavy atom. The number of hydrogen-bond acceptors (Lipinski definition) is 3. The highest BCUT2D eigenvalue weighted by Gasteiger charge is 2.16. The monoisotopic (exact) mass is 287 g/mol. The zero-order valence-electron chi connectivity index (χ0n) is 11.3. The van der Waals surface area contributed by atoms with Gasteiger partial charge in [-0.1, -0.05) is 37.8 Å². The van der Waals surface area contributed by atoms with Crippen molar-refractivity contribution in [3.8, 4) is 0 Å². The number of hydrogen-bond donors (Lipinski definition) is 0. The molecule has 1 aromatic rings. The maximum Gasteiger partial charge on any atom is 0.341 e. The van der Waals surface area contributed by atoms with Gasteiger partial charge in [0.2, 0.25) is 0 Å². The Balaban J connectivity index is 2.47. The average molecular weight is 288 g/mol. The molecule has 1 atom stereocenters. The minimum atomic E-state index is -0.625. The molecule has 0 saturated carbocycles. The van der Waals surface area contributed by atoms with E-state index < -0.39 is 11.8 Å². The molecule has 0 saturated heterocycles. The van der Waals surface area contributed by atoms with Crippen LogP contribution in [0.5, 0.6) is 0 Å². The average Bonchev–Trinajstić information content (AvgIpc) is 2.37. The summed E-state index contributed by atoms with van der Waals surface area (Å²) >= 11 is 5.74. The predicted octanol–water partition coefficient (Wildman–Crippen LogP) is 4.39. The van der Waals surface area contributed by atoms with Crippen LogP contribution in [0.4, 0.5) is 4.39 Å². The summed E-state index contributed by atoms with van der Waals surface area (Å²) in [5.41, 5.74) is -0.0259. The second kappa shape index (κ2) is 8.10. The lowest BCUT2D eigenvalue weighted by Gasteiger charge is -2.13. The molecule has 1 heterocycles. The molecule has 0 amide bonds. The van der Waals surface area contributed by atoms with E-state index in [1.807, 2.05) is 6.92 Å². The van der Waals surface area contributed by atoms with E-state index in [9.17, 15) is 9.18 Å². The Labute approximate surface area is 118 Å². The Morgan fingerprint density at radius 3 is 2.89 bits per heavy atom. The highest BCUT2D eigenvalue weighted by Crippen LogP contribution is 2.17. The number of unbranched alkanes of at least 4 members (excludes halogenated alkanes) is 3. The van der Waals surface area contributed by atoms with E-state index in [1.54, 1.807) is 0 Å². The lowest BCUT2D eigenvalue weighted by molar-refractivity contribution is 0.0318. The summed E-state index contributed by atoms with van der Waals surface area (Å²) in [5, 5.41) is -0.0374. The van der Waals surface area contributed by atoms with Gasteiger partial charge in [-0.2, -0.15) is 0 Å². The molecule has 0 spiro atoms. The van der Waals surface area contributed by atoms with Gasteiger partial charge in [0.1, 0.15) is 11.0 Å². The fourth-order valence-corrected chi connectivity index (χ4v) is 1.91. The van der Waals surface area contributed by atoms with Crippen LogP contribution in [0.25, 0.3) is 0 Å². The molecule has 0 aromatic carbocycles. The first-order valence-electron chi connectivity index (χ1n) is 6.56. The molecular weight excluding hydrogens is 269 g/mol. The van der Waals surface area contributed by atoms with E-state index in [0.29, 0.717) is 0 Å². The van der Waals surface area contributed by atoms with Crippen molar-refractivity contribution >= 4 is 17.6 Å². The second-order valence-electron chi connectivity index (χ2n) is 4.56. The second-order valence-corrected chi connectivity index (χ2v) is 4.92. The van der Waals surface area contributed by atoms with Gasteiger partial charge in [0, 0.05) is 0 Å². The van der Waals surface area contributed by atoms with E-state index in [2.05, 4.69) is 11.9 Å². The quantitative estimate of drug-likeness (QED) is 0.424. The minimum Gasteiger partial charge on any atom is -0.459 e. The fourth-order valence-electron chi connectivity index (χ4n) is 1.73. The van der Waals surface area contributed by atoms with Gasteiger partial charge in [0.15, 0.2) is 0 Å². The minimum absolute atomic E-state index is 0.0259. The molecule has 1 unspecified atom stereocenters. The number of carbonyl (C=O) groups excluding carboxylic acids is 1. The molecule has 5 heteroatoms. The van der Waals surface area contributed by atoms with Gasteiger partial charge >= 0.3 is 5.97 Å². The Morgan fingerprint density at radius 1 is 1.47 bits per heavy atom. The van der Waals surface area contributed by atoms with Gasteiger partial charge in [0.05, 0.1) is 17.9 Å². The van der Waals surface area contributed by atoms with Crippen molar-refractivity contribution in [2.24, 2.45) is 0 Å². The molecule has 0 fully saturated rings. The number of carbonyl (C=O) groups is 1. The van der Waals surface area contributed by atoms with Gasteiger partial charge in [0.25, 0.3) is 0 Å². The summed E-state index contributed by atoms with van der Waals surface area (Å²) in [6.45, 7) is 3.97. The molecule has 106 valence electrons. The maximum absolute atomic E-state index is 13.0. The van der Waals surface area contributed by atoms with Crippen molar-refractivity contribution in [2.75, 3.05) is 0 Å². The molecule has 0 radical (unpaired) electrons. The highest BCUT2D eigenvalue weighted by molar-refractivity contribution is 6.32. The SMILES string of the molecule is CCCCCCC(C)OC(=O)c1cc(F)cnc1Cl. The van der Waals surface area contributed by atoms with Gasteiger partial charge in [-0.05, 0) is 25.8 Å². The van der Waals surface area contributed by atoms with Crippen LogP contribution in [0, 0.1) is 5.82 Å². The third-order valence-corrected chi connectivity index (χ3v) is 3.10. The lowest BCUT2D eigenvalue weighted by atomic mass is 10.1. The number of halogens is 2. The van der Waals surface area contributed by atoms with E-state index >= 15 is 0 Å². The van der Waals surface area contributed by atoms with E-state index in [4.69, 9.17) is 16.3 Å². The van der Waals surface area contributed by atoms with Gasteiger partial charge in [-0.15, -0.1) is 0 Å². The van der Waals surface area contributed by atoms with Crippen molar-refractivity contribution in [1.29, 1.82) is 0 Å². The normalized spacial score (nSPS) is 12.2. The Hall–Kier alpha value is -1.16.